The van der Waals surface area contributed by atoms with Crippen molar-refractivity contribution in [2.75, 3.05) is 32.6 Å². The van der Waals surface area contributed by atoms with Gasteiger partial charge in [0.25, 0.3) is 5.91 Å². The van der Waals surface area contributed by atoms with E-state index in [0.717, 1.165) is 24.2 Å². The van der Waals surface area contributed by atoms with Crippen molar-refractivity contribution < 1.29 is 19.1 Å². The van der Waals surface area contributed by atoms with Crippen molar-refractivity contribution in [1.29, 1.82) is 0 Å². The van der Waals surface area contributed by atoms with E-state index in [2.05, 4.69) is 26.1 Å². The Balaban J connectivity index is 0.00000261. The number of nitrogens with one attached hydrogen (secondary N) is 4. The molecule has 1 aliphatic heterocycles. The standard InChI is InChI=1S/C17H21N5O4.ClH/c1-25-11-5-10(6-12(7-11)26-2)20-15(23)9-19-17(24)16-13-8-18-4-3-14(13)21-22-16;/h5-7,18H,3-4,8-9H2,1-2H3,(H,19,24)(H,20,23)(H,21,22);1H. The second-order valence-electron chi connectivity index (χ2n) is 5.79. The minimum absolute atomic E-state index is 0. The summed E-state index contributed by atoms with van der Waals surface area (Å²) in [6, 6.07) is 5.03. The zero-order valence-corrected chi connectivity index (χ0v) is 15.9. The van der Waals surface area contributed by atoms with Crippen LogP contribution < -0.4 is 25.4 Å². The Labute approximate surface area is 162 Å². The number of fused-ring (bicyclic) bond motifs is 1. The third kappa shape index (κ3) is 4.89. The summed E-state index contributed by atoms with van der Waals surface area (Å²) in [5, 5.41) is 15.4. The number of carbonyl (C=O) groups is 2. The average molecular weight is 396 g/mol. The number of anilines is 1. The van der Waals surface area contributed by atoms with Gasteiger partial charge in [0.1, 0.15) is 11.5 Å². The number of amides is 2. The van der Waals surface area contributed by atoms with E-state index < -0.39 is 0 Å². The maximum absolute atomic E-state index is 12.3. The lowest BCUT2D eigenvalue weighted by Gasteiger charge is -2.13. The van der Waals surface area contributed by atoms with E-state index in [1.807, 2.05) is 0 Å². The molecule has 9 nitrogen and oxygen atoms in total. The van der Waals surface area contributed by atoms with Gasteiger partial charge in [0, 0.05) is 54.7 Å². The summed E-state index contributed by atoms with van der Waals surface area (Å²) in [6.07, 6.45) is 0.799. The lowest BCUT2D eigenvalue weighted by Crippen LogP contribution is -2.34. The molecule has 2 aromatic rings. The van der Waals surface area contributed by atoms with Gasteiger partial charge in [-0.2, -0.15) is 5.10 Å². The number of hydrogen-bond donors (Lipinski definition) is 4. The molecule has 0 radical (unpaired) electrons. The normalized spacial score (nSPS) is 12.4. The first kappa shape index (κ1) is 20.5. The Kier molecular flexibility index (Phi) is 7.03. The number of aromatic nitrogens is 2. The summed E-state index contributed by atoms with van der Waals surface area (Å²) in [4.78, 5) is 24.4. The number of rotatable bonds is 6. The minimum Gasteiger partial charge on any atom is -0.497 e. The Morgan fingerprint density at radius 3 is 2.56 bits per heavy atom. The predicted molar refractivity (Wildman–Crippen MR) is 102 cm³/mol. The van der Waals surface area contributed by atoms with Gasteiger partial charge in [-0.25, -0.2) is 0 Å². The van der Waals surface area contributed by atoms with Gasteiger partial charge in [0.2, 0.25) is 5.91 Å². The van der Waals surface area contributed by atoms with Crippen LogP contribution in [0.1, 0.15) is 21.7 Å². The Hall–Kier alpha value is -2.78. The lowest BCUT2D eigenvalue weighted by atomic mass is 10.1. The van der Waals surface area contributed by atoms with Gasteiger partial charge in [0.15, 0.2) is 5.69 Å². The number of hydrogen-bond acceptors (Lipinski definition) is 6. The quantitative estimate of drug-likeness (QED) is 0.576. The maximum Gasteiger partial charge on any atom is 0.272 e. The third-order valence-corrected chi connectivity index (χ3v) is 4.07. The highest BCUT2D eigenvalue weighted by molar-refractivity contribution is 5.99. The van der Waals surface area contributed by atoms with Gasteiger partial charge < -0.3 is 25.4 Å². The van der Waals surface area contributed by atoms with Crippen LogP contribution in [0.2, 0.25) is 0 Å². The second kappa shape index (κ2) is 9.24. The van der Waals surface area contributed by atoms with Gasteiger partial charge in [-0.15, -0.1) is 12.4 Å². The van der Waals surface area contributed by atoms with Crippen molar-refractivity contribution in [2.45, 2.75) is 13.0 Å². The summed E-state index contributed by atoms with van der Waals surface area (Å²) in [7, 11) is 3.06. The van der Waals surface area contributed by atoms with Crippen molar-refractivity contribution in [1.82, 2.24) is 20.8 Å². The van der Waals surface area contributed by atoms with Crippen molar-refractivity contribution in [3.63, 3.8) is 0 Å². The van der Waals surface area contributed by atoms with Crippen LogP contribution in [0.15, 0.2) is 18.2 Å². The molecule has 2 heterocycles. The fourth-order valence-electron chi connectivity index (χ4n) is 2.74. The third-order valence-electron chi connectivity index (χ3n) is 4.07. The first-order chi connectivity index (χ1) is 12.6. The number of nitrogens with zero attached hydrogens (tertiary/aromatic N) is 1. The highest BCUT2D eigenvalue weighted by Crippen LogP contribution is 2.25. The largest absolute Gasteiger partial charge is 0.497 e. The Morgan fingerprint density at radius 2 is 1.89 bits per heavy atom. The number of methoxy groups -OCH3 is 2. The number of carbonyl (C=O) groups excluding carboxylic acids is 2. The molecule has 0 atom stereocenters. The van der Waals surface area contributed by atoms with E-state index in [1.54, 1.807) is 18.2 Å². The highest BCUT2D eigenvalue weighted by Gasteiger charge is 2.21. The topological polar surface area (TPSA) is 117 Å². The maximum atomic E-state index is 12.3. The molecular weight excluding hydrogens is 374 g/mol. The van der Waals surface area contributed by atoms with Crippen LogP contribution in [0.4, 0.5) is 5.69 Å². The van der Waals surface area contributed by atoms with Crippen LogP contribution in [0, 0.1) is 0 Å². The molecule has 10 heteroatoms. The van der Waals surface area contributed by atoms with Gasteiger partial charge >= 0.3 is 0 Å². The summed E-state index contributed by atoms with van der Waals surface area (Å²) in [5.41, 5.74) is 2.65. The summed E-state index contributed by atoms with van der Waals surface area (Å²) < 4.78 is 10.3. The number of benzene rings is 1. The van der Waals surface area contributed by atoms with Crippen molar-refractivity contribution in [2.24, 2.45) is 0 Å². The molecule has 1 aromatic carbocycles. The Morgan fingerprint density at radius 1 is 1.19 bits per heavy atom. The first-order valence-corrected chi connectivity index (χ1v) is 8.18. The van der Waals surface area contributed by atoms with Crippen LogP contribution in [-0.4, -0.2) is 49.3 Å². The lowest BCUT2D eigenvalue weighted by molar-refractivity contribution is -0.115. The van der Waals surface area contributed by atoms with Crippen LogP contribution in [-0.2, 0) is 17.8 Å². The van der Waals surface area contributed by atoms with E-state index in [-0.39, 0.29) is 30.8 Å². The highest BCUT2D eigenvalue weighted by atomic mass is 35.5. The molecule has 1 aliphatic rings. The predicted octanol–water partition coefficient (Wildman–Crippen LogP) is 0.863. The summed E-state index contributed by atoms with van der Waals surface area (Å²) in [6.45, 7) is 1.26. The SMILES string of the molecule is COc1cc(NC(=O)CNC(=O)c2n[nH]c3c2CNCC3)cc(OC)c1.Cl. The molecular formula is C17H22ClN5O4. The smallest absolute Gasteiger partial charge is 0.272 e. The number of aromatic amines is 1. The van der Waals surface area contributed by atoms with E-state index in [4.69, 9.17) is 9.47 Å². The minimum atomic E-state index is -0.385. The van der Waals surface area contributed by atoms with Crippen LogP contribution in [0.25, 0.3) is 0 Å². The first-order valence-electron chi connectivity index (χ1n) is 8.18. The van der Waals surface area contributed by atoms with Crippen molar-refractivity contribution in [3.05, 3.63) is 35.2 Å². The van der Waals surface area contributed by atoms with Crippen LogP contribution >= 0.6 is 12.4 Å². The molecule has 27 heavy (non-hydrogen) atoms. The zero-order valence-electron chi connectivity index (χ0n) is 15.0. The zero-order chi connectivity index (χ0) is 18.5. The van der Waals surface area contributed by atoms with E-state index in [0.29, 0.717) is 29.4 Å². The van der Waals surface area contributed by atoms with E-state index >= 15 is 0 Å². The fourth-order valence-corrected chi connectivity index (χ4v) is 2.74. The molecule has 1 aromatic heterocycles. The van der Waals surface area contributed by atoms with Gasteiger partial charge in [0.05, 0.1) is 20.8 Å². The molecule has 0 saturated carbocycles. The van der Waals surface area contributed by atoms with Gasteiger partial charge in [-0.3, -0.25) is 14.7 Å². The monoisotopic (exact) mass is 395 g/mol. The van der Waals surface area contributed by atoms with Crippen LogP contribution in [0.5, 0.6) is 11.5 Å². The van der Waals surface area contributed by atoms with Crippen molar-refractivity contribution in [3.8, 4) is 11.5 Å². The fraction of sp³-hybridized carbons (Fsp3) is 0.353. The van der Waals surface area contributed by atoms with Gasteiger partial charge in [-0.1, -0.05) is 0 Å². The number of H-pyrrole nitrogens is 1. The molecule has 0 saturated heterocycles. The molecule has 0 bridgehead atoms. The van der Waals surface area contributed by atoms with Gasteiger partial charge in [-0.05, 0) is 0 Å². The summed E-state index contributed by atoms with van der Waals surface area (Å²) >= 11 is 0. The average Bonchev–Trinajstić information content (AvgIpc) is 3.10. The van der Waals surface area contributed by atoms with Crippen molar-refractivity contribution >= 4 is 29.9 Å². The molecule has 0 spiro atoms. The molecule has 0 aliphatic carbocycles. The van der Waals surface area contributed by atoms with E-state index in [9.17, 15) is 9.59 Å². The van der Waals surface area contributed by atoms with Crippen LogP contribution in [0.3, 0.4) is 0 Å². The molecule has 3 rings (SSSR count). The molecule has 0 fully saturated rings. The Bertz CT molecular complexity index is 801. The molecule has 2 amide bonds. The number of ether oxygens (including phenoxy) is 2. The van der Waals surface area contributed by atoms with E-state index in [1.165, 1.54) is 14.2 Å². The number of halogens is 1. The summed E-state index contributed by atoms with van der Waals surface area (Å²) in [5.74, 6) is 0.361. The molecule has 146 valence electrons. The molecule has 0 unspecified atom stereocenters. The molecule has 4 N–H and O–H groups in total. The second-order valence-corrected chi connectivity index (χ2v) is 5.79.